The van der Waals surface area contributed by atoms with Crippen molar-refractivity contribution in [1.82, 2.24) is 5.32 Å². The number of amides is 1. The number of aryl methyl sites for hydroxylation is 1. The fourth-order valence-corrected chi connectivity index (χ4v) is 1.23. The number of rotatable bonds is 3. The topological polar surface area (TPSA) is 29.1 Å². The van der Waals surface area contributed by atoms with Gasteiger partial charge in [-0.2, -0.15) is 0 Å². The molecular weight excluding hydrogens is 186 g/mol. The standard InChI is InChI=1S/C11H15NO.C2H6/c1-3-9-5-4-6-10(7-9)8-11(13)12-2;1-2/h4-7H,3,8H2,1-2H3,(H,12,13);1-2H3. The molecule has 0 radical (unpaired) electrons. The number of likely N-dealkylation sites (N-methyl/N-ethyl adjacent to an activating group) is 1. The molecule has 0 spiro atoms. The third-order valence-electron chi connectivity index (χ3n) is 2.04. The molecule has 0 heterocycles. The van der Waals surface area contributed by atoms with E-state index in [-0.39, 0.29) is 5.91 Å². The molecule has 2 nitrogen and oxygen atoms in total. The van der Waals surface area contributed by atoms with Crippen molar-refractivity contribution in [1.29, 1.82) is 0 Å². The Balaban J connectivity index is 0.000000921. The molecule has 15 heavy (non-hydrogen) atoms. The van der Waals surface area contributed by atoms with Gasteiger partial charge >= 0.3 is 0 Å². The lowest BCUT2D eigenvalue weighted by Gasteiger charge is -2.02. The minimum absolute atomic E-state index is 0.0632. The third-order valence-corrected chi connectivity index (χ3v) is 2.04. The molecule has 0 aliphatic carbocycles. The fourth-order valence-electron chi connectivity index (χ4n) is 1.23. The van der Waals surface area contributed by atoms with E-state index in [1.54, 1.807) is 7.05 Å². The molecule has 0 aromatic heterocycles. The Hall–Kier alpha value is -1.31. The highest BCUT2D eigenvalue weighted by molar-refractivity contribution is 5.78. The number of benzene rings is 1. The van der Waals surface area contributed by atoms with Crippen LogP contribution in [0.4, 0.5) is 0 Å². The van der Waals surface area contributed by atoms with Crippen LogP contribution < -0.4 is 5.32 Å². The van der Waals surface area contributed by atoms with E-state index in [4.69, 9.17) is 0 Å². The molecular formula is C13H21NO. The SMILES string of the molecule is CC.CCc1cccc(CC(=O)NC)c1. The van der Waals surface area contributed by atoms with Crippen molar-refractivity contribution in [2.75, 3.05) is 7.05 Å². The van der Waals surface area contributed by atoms with Gasteiger partial charge in [0.2, 0.25) is 5.91 Å². The van der Waals surface area contributed by atoms with Gasteiger partial charge in [0, 0.05) is 7.05 Å². The second-order valence-corrected chi connectivity index (χ2v) is 3.02. The van der Waals surface area contributed by atoms with Gasteiger partial charge in [0.25, 0.3) is 0 Å². The quantitative estimate of drug-likeness (QED) is 0.811. The average Bonchev–Trinajstić information content (AvgIpc) is 2.31. The van der Waals surface area contributed by atoms with E-state index in [2.05, 4.69) is 24.4 Å². The molecule has 0 aliphatic heterocycles. The highest BCUT2D eigenvalue weighted by Crippen LogP contribution is 2.06. The monoisotopic (exact) mass is 207 g/mol. The maximum atomic E-state index is 11.1. The number of carbonyl (C=O) groups is 1. The van der Waals surface area contributed by atoms with E-state index in [9.17, 15) is 4.79 Å². The first kappa shape index (κ1) is 13.7. The van der Waals surface area contributed by atoms with Crippen LogP contribution in [0.15, 0.2) is 24.3 Å². The second kappa shape index (κ2) is 8.04. The lowest BCUT2D eigenvalue weighted by molar-refractivity contribution is -0.119. The third kappa shape index (κ3) is 5.21. The normalized spacial score (nSPS) is 8.80. The zero-order valence-electron chi connectivity index (χ0n) is 10.1. The predicted molar refractivity (Wildman–Crippen MR) is 64.9 cm³/mol. The Kier molecular flexibility index (Phi) is 7.33. The molecule has 0 atom stereocenters. The van der Waals surface area contributed by atoms with E-state index in [1.807, 2.05) is 26.0 Å². The van der Waals surface area contributed by atoms with E-state index in [0.717, 1.165) is 12.0 Å². The van der Waals surface area contributed by atoms with Crippen molar-refractivity contribution in [3.63, 3.8) is 0 Å². The average molecular weight is 207 g/mol. The molecule has 0 saturated heterocycles. The van der Waals surface area contributed by atoms with Gasteiger partial charge in [-0.05, 0) is 17.5 Å². The van der Waals surface area contributed by atoms with Crippen molar-refractivity contribution < 1.29 is 4.79 Å². The number of hydrogen-bond donors (Lipinski definition) is 1. The first-order valence-electron chi connectivity index (χ1n) is 5.54. The summed E-state index contributed by atoms with van der Waals surface area (Å²) in [4.78, 5) is 11.1. The molecule has 0 saturated carbocycles. The summed E-state index contributed by atoms with van der Waals surface area (Å²) < 4.78 is 0. The van der Waals surface area contributed by atoms with E-state index < -0.39 is 0 Å². The van der Waals surface area contributed by atoms with Crippen molar-refractivity contribution in [2.45, 2.75) is 33.6 Å². The molecule has 1 rings (SSSR count). The molecule has 84 valence electrons. The van der Waals surface area contributed by atoms with Crippen LogP contribution in [0.2, 0.25) is 0 Å². The maximum absolute atomic E-state index is 11.1. The molecule has 1 aromatic rings. The summed E-state index contributed by atoms with van der Waals surface area (Å²) in [5, 5.41) is 2.61. The molecule has 0 bridgehead atoms. The van der Waals surface area contributed by atoms with Crippen molar-refractivity contribution in [2.24, 2.45) is 0 Å². The number of hydrogen-bond acceptors (Lipinski definition) is 1. The minimum Gasteiger partial charge on any atom is -0.359 e. The summed E-state index contributed by atoms with van der Waals surface area (Å²) in [5.41, 5.74) is 2.36. The lowest BCUT2D eigenvalue weighted by atomic mass is 10.1. The summed E-state index contributed by atoms with van der Waals surface area (Å²) >= 11 is 0. The van der Waals surface area contributed by atoms with E-state index in [1.165, 1.54) is 5.56 Å². The summed E-state index contributed by atoms with van der Waals surface area (Å²) in [6.07, 6.45) is 1.49. The first-order valence-corrected chi connectivity index (χ1v) is 5.54. The van der Waals surface area contributed by atoms with Crippen LogP contribution >= 0.6 is 0 Å². The predicted octanol–water partition coefficient (Wildman–Crippen LogP) is 2.56. The Bertz CT molecular complexity index is 294. The van der Waals surface area contributed by atoms with Gasteiger partial charge < -0.3 is 5.32 Å². The zero-order chi connectivity index (χ0) is 11.7. The lowest BCUT2D eigenvalue weighted by Crippen LogP contribution is -2.19. The highest BCUT2D eigenvalue weighted by atomic mass is 16.1. The molecule has 1 aromatic carbocycles. The van der Waals surface area contributed by atoms with Crippen LogP contribution in [0, 0.1) is 0 Å². The van der Waals surface area contributed by atoms with Crippen LogP contribution in [0.1, 0.15) is 31.9 Å². The molecule has 1 amide bonds. The molecule has 0 unspecified atom stereocenters. The van der Waals surface area contributed by atoms with Crippen molar-refractivity contribution >= 4 is 5.91 Å². The van der Waals surface area contributed by atoms with Crippen LogP contribution in [0.5, 0.6) is 0 Å². The zero-order valence-corrected chi connectivity index (χ0v) is 10.1. The van der Waals surface area contributed by atoms with Crippen LogP contribution in [-0.2, 0) is 17.6 Å². The largest absolute Gasteiger partial charge is 0.359 e. The Morgan fingerprint density at radius 1 is 1.27 bits per heavy atom. The molecule has 0 fully saturated rings. The summed E-state index contributed by atoms with van der Waals surface area (Å²) in [5.74, 6) is 0.0632. The number of nitrogens with one attached hydrogen (secondary N) is 1. The first-order chi connectivity index (χ1) is 7.26. The van der Waals surface area contributed by atoms with Gasteiger partial charge in [0.15, 0.2) is 0 Å². The maximum Gasteiger partial charge on any atom is 0.224 e. The highest BCUT2D eigenvalue weighted by Gasteiger charge is 2.00. The number of carbonyl (C=O) groups excluding carboxylic acids is 1. The molecule has 1 N–H and O–H groups in total. The minimum atomic E-state index is 0.0632. The second-order valence-electron chi connectivity index (χ2n) is 3.02. The summed E-state index contributed by atoms with van der Waals surface area (Å²) in [6.45, 7) is 6.11. The van der Waals surface area contributed by atoms with Crippen LogP contribution in [-0.4, -0.2) is 13.0 Å². The van der Waals surface area contributed by atoms with Gasteiger partial charge in [-0.1, -0.05) is 45.0 Å². The molecule has 0 aliphatic rings. The van der Waals surface area contributed by atoms with Crippen LogP contribution in [0.3, 0.4) is 0 Å². The van der Waals surface area contributed by atoms with E-state index >= 15 is 0 Å². The van der Waals surface area contributed by atoms with Gasteiger partial charge in [0.05, 0.1) is 6.42 Å². The smallest absolute Gasteiger partial charge is 0.224 e. The Morgan fingerprint density at radius 3 is 2.40 bits per heavy atom. The van der Waals surface area contributed by atoms with Gasteiger partial charge in [-0.25, -0.2) is 0 Å². The van der Waals surface area contributed by atoms with Gasteiger partial charge in [-0.15, -0.1) is 0 Å². The van der Waals surface area contributed by atoms with Crippen molar-refractivity contribution in [3.8, 4) is 0 Å². The molecule has 2 heteroatoms. The Morgan fingerprint density at radius 2 is 1.87 bits per heavy atom. The summed E-state index contributed by atoms with van der Waals surface area (Å²) in [7, 11) is 1.66. The Labute approximate surface area is 92.7 Å². The summed E-state index contributed by atoms with van der Waals surface area (Å²) in [6, 6.07) is 8.13. The van der Waals surface area contributed by atoms with Gasteiger partial charge in [0.1, 0.15) is 0 Å². The van der Waals surface area contributed by atoms with E-state index in [0.29, 0.717) is 6.42 Å². The van der Waals surface area contributed by atoms with Crippen LogP contribution in [0.25, 0.3) is 0 Å². The fraction of sp³-hybridized carbons (Fsp3) is 0.462. The van der Waals surface area contributed by atoms with Crippen molar-refractivity contribution in [3.05, 3.63) is 35.4 Å². The van der Waals surface area contributed by atoms with Gasteiger partial charge in [-0.3, -0.25) is 4.79 Å².